The lowest BCUT2D eigenvalue weighted by atomic mass is 10.1. The average Bonchev–Trinajstić information content (AvgIpc) is 2.31. The number of rotatable bonds is 2. The van der Waals surface area contributed by atoms with Gasteiger partial charge >= 0.3 is 0 Å². The van der Waals surface area contributed by atoms with Gasteiger partial charge in [0.25, 0.3) is 0 Å². The normalized spacial score (nSPS) is 10.1. The third kappa shape index (κ3) is 2.09. The van der Waals surface area contributed by atoms with Crippen molar-refractivity contribution in [2.75, 3.05) is 12.8 Å². The maximum absolute atomic E-state index is 5.95. The summed E-state index contributed by atoms with van der Waals surface area (Å²) in [7, 11) is 1.59. The fraction of sp³-hybridized carbons (Fsp3) is 0.0833. The van der Waals surface area contributed by atoms with E-state index in [1.54, 1.807) is 25.4 Å². The molecule has 3 nitrogen and oxygen atoms in total. The molecular weight excluding hydrogens is 224 g/mol. The second-order valence-electron chi connectivity index (χ2n) is 3.32. The molecule has 1 aromatic heterocycles. The molecule has 0 aliphatic rings. The van der Waals surface area contributed by atoms with Crippen LogP contribution in [0.2, 0.25) is 5.02 Å². The number of anilines is 1. The monoisotopic (exact) mass is 234 g/mol. The fourth-order valence-corrected chi connectivity index (χ4v) is 1.61. The van der Waals surface area contributed by atoms with E-state index in [0.29, 0.717) is 16.6 Å². The van der Waals surface area contributed by atoms with Gasteiger partial charge in [-0.3, -0.25) is 0 Å². The molecular formula is C12H11ClN2O. The molecule has 0 spiro atoms. The Hall–Kier alpha value is -1.74. The number of nitrogen functional groups attached to an aromatic ring is 1. The number of hydrogen-bond donors (Lipinski definition) is 1. The molecule has 2 aromatic rings. The van der Waals surface area contributed by atoms with E-state index in [-0.39, 0.29) is 0 Å². The molecule has 0 unspecified atom stereocenters. The number of ether oxygens (including phenoxy) is 1. The second kappa shape index (κ2) is 4.41. The van der Waals surface area contributed by atoms with Crippen molar-refractivity contribution in [3.63, 3.8) is 0 Å². The van der Waals surface area contributed by atoms with Crippen LogP contribution in [0.25, 0.3) is 11.1 Å². The first-order valence-corrected chi connectivity index (χ1v) is 5.14. The van der Waals surface area contributed by atoms with Crippen molar-refractivity contribution in [2.45, 2.75) is 0 Å². The minimum Gasteiger partial charge on any atom is -0.495 e. The van der Waals surface area contributed by atoms with Gasteiger partial charge in [-0.25, -0.2) is 4.98 Å². The number of methoxy groups -OCH3 is 1. The third-order valence-corrected chi connectivity index (χ3v) is 2.58. The van der Waals surface area contributed by atoms with Gasteiger partial charge in [-0.05, 0) is 29.8 Å². The molecule has 82 valence electrons. The van der Waals surface area contributed by atoms with Gasteiger partial charge in [0, 0.05) is 11.8 Å². The first kappa shape index (κ1) is 10.8. The average molecular weight is 235 g/mol. The van der Waals surface area contributed by atoms with Crippen molar-refractivity contribution in [1.82, 2.24) is 4.98 Å². The van der Waals surface area contributed by atoms with E-state index >= 15 is 0 Å². The Morgan fingerprint density at radius 2 is 1.94 bits per heavy atom. The third-order valence-electron chi connectivity index (χ3n) is 2.27. The van der Waals surface area contributed by atoms with Gasteiger partial charge in [0.05, 0.1) is 12.1 Å². The standard InChI is InChI=1S/C12H11ClN2O/c1-16-11-6-8(2-4-10(11)13)9-3-5-12(14)15-7-9/h2-7H,1H3,(H2,14,15). The van der Waals surface area contributed by atoms with Crippen LogP contribution in [0.15, 0.2) is 36.5 Å². The second-order valence-corrected chi connectivity index (χ2v) is 3.73. The van der Waals surface area contributed by atoms with Crippen molar-refractivity contribution < 1.29 is 4.74 Å². The zero-order valence-electron chi connectivity index (χ0n) is 8.77. The summed E-state index contributed by atoms with van der Waals surface area (Å²) < 4.78 is 5.15. The summed E-state index contributed by atoms with van der Waals surface area (Å²) in [5.74, 6) is 1.15. The van der Waals surface area contributed by atoms with Gasteiger partial charge in [0.15, 0.2) is 0 Å². The largest absolute Gasteiger partial charge is 0.495 e. The number of pyridine rings is 1. The smallest absolute Gasteiger partial charge is 0.138 e. The number of aromatic nitrogens is 1. The lowest BCUT2D eigenvalue weighted by Crippen LogP contribution is -1.90. The lowest BCUT2D eigenvalue weighted by molar-refractivity contribution is 0.415. The number of benzene rings is 1. The van der Waals surface area contributed by atoms with Gasteiger partial charge in [-0.2, -0.15) is 0 Å². The highest BCUT2D eigenvalue weighted by molar-refractivity contribution is 6.32. The topological polar surface area (TPSA) is 48.1 Å². The minimum atomic E-state index is 0.504. The Balaban J connectivity index is 2.44. The summed E-state index contributed by atoms with van der Waals surface area (Å²) in [5, 5.41) is 0.592. The fourth-order valence-electron chi connectivity index (χ4n) is 1.42. The number of hydrogen-bond acceptors (Lipinski definition) is 3. The molecule has 0 bridgehead atoms. The zero-order valence-corrected chi connectivity index (χ0v) is 9.53. The van der Waals surface area contributed by atoms with Crippen molar-refractivity contribution in [2.24, 2.45) is 0 Å². The number of halogens is 1. The summed E-state index contributed by atoms with van der Waals surface area (Å²) in [5.41, 5.74) is 7.50. The van der Waals surface area contributed by atoms with E-state index in [4.69, 9.17) is 22.1 Å². The van der Waals surface area contributed by atoms with Gasteiger partial charge < -0.3 is 10.5 Å². The first-order chi connectivity index (χ1) is 7.70. The molecule has 0 aliphatic carbocycles. The van der Waals surface area contributed by atoms with Crippen LogP contribution < -0.4 is 10.5 Å². The summed E-state index contributed by atoms with van der Waals surface area (Å²) >= 11 is 5.95. The molecule has 2 rings (SSSR count). The highest BCUT2D eigenvalue weighted by atomic mass is 35.5. The molecule has 0 amide bonds. The summed E-state index contributed by atoms with van der Waals surface area (Å²) in [6, 6.07) is 9.25. The maximum Gasteiger partial charge on any atom is 0.138 e. The van der Waals surface area contributed by atoms with E-state index in [1.807, 2.05) is 18.2 Å². The number of nitrogens with zero attached hydrogens (tertiary/aromatic N) is 1. The highest BCUT2D eigenvalue weighted by Gasteiger charge is 2.04. The summed E-state index contributed by atoms with van der Waals surface area (Å²) in [4.78, 5) is 4.04. The van der Waals surface area contributed by atoms with E-state index < -0.39 is 0 Å². The molecule has 0 aliphatic heterocycles. The molecule has 0 atom stereocenters. The molecule has 0 saturated carbocycles. The van der Waals surface area contributed by atoms with Crippen LogP contribution in [-0.2, 0) is 0 Å². The molecule has 16 heavy (non-hydrogen) atoms. The Bertz CT molecular complexity index is 497. The molecule has 0 saturated heterocycles. The van der Waals surface area contributed by atoms with Crippen LogP contribution in [0, 0.1) is 0 Å². The van der Waals surface area contributed by atoms with Crippen LogP contribution in [0.5, 0.6) is 5.75 Å². The quantitative estimate of drug-likeness (QED) is 0.869. The predicted molar refractivity (Wildman–Crippen MR) is 65.6 cm³/mol. The van der Waals surface area contributed by atoms with E-state index in [0.717, 1.165) is 11.1 Å². The Morgan fingerprint density at radius 1 is 1.19 bits per heavy atom. The van der Waals surface area contributed by atoms with Gasteiger partial charge in [-0.15, -0.1) is 0 Å². The van der Waals surface area contributed by atoms with Crippen molar-refractivity contribution in [1.29, 1.82) is 0 Å². The van der Waals surface area contributed by atoms with E-state index in [1.165, 1.54) is 0 Å². The highest BCUT2D eigenvalue weighted by Crippen LogP contribution is 2.30. The van der Waals surface area contributed by atoms with E-state index in [9.17, 15) is 0 Å². The van der Waals surface area contributed by atoms with Crippen molar-refractivity contribution >= 4 is 17.4 Å². The van der Waals surface area contributed by atoms with Crippen LogP contribution >= 0.6 is 11.6 Å². The Kier molecular flexibility index (Phi) is 2.97. The van der Waals surface area contributed by atoms with Crippen LogP contribution in [-0.4, -0.2) is 12.1 Å². The Morgan fingerprint density at radius 3 is 2.56 bits per heavy atom. The summed E-state index contributed by atoms with van der Waals surface area (Å²) in [6.45, 7) is 0. The van der Waals surface area contributed by atoms with Gasteiger partial charge in [0.1, 0.15) is 11.6 Å². The van der Waals surface area contributed by atoms with Crippen LogP contribution in [0.4, 0.5) is 5.82 Å². The molecule has 1 heterocycles. The van der Waals surface area contributed by atoms with Crippen LogP contribution in [0.3, 0.4) is 0 Å². The molecule has 4 heteroatoms. The van der Waals surface area contributed by atoms with Crippen molar-refractivity contribution in [3.8, 4) is 16.9 Å². The van der Waals surface area contributed by atoms with Crippen molar-refractivity contribution in [3.05, 3.63) is 41.6 Å². The molecule has 2 N–H and O–H groups in total. The Labute approximate surface area is 98.8 Å². The zero-order chi connectivity index (χ0) is 11.5. The molecule has 1 aromatic carbocycles. The first-order valence-electron chi connectivity index (χ1n) is 4.76. The maximum atomic E-state index is 5.95. The SMILES string of the molecule is COc1cc(-c2ccc(N)nc2)ccc1Cl. The lowest BCUT2D eigenvalue weighted by Gasteiger charge is -2.06. The van der Waals surface area contributed by atoms with Crippen LogP contribution in [0.1, 0.15) is 0 Å². The number of nitrogens with two attached hydrogens (primary N) is 1. The molecule has 0 radical (unpaired) electrons. The van der Waals surface area contributed by atoms with Gasteiger partial charge in [-0.1, -0.05) is 17.7 Å². The summed E-state index contributed by atoms with van der Waals surface area (Å²) in [6.07, 6.45) is 1.72. The van der Waals surface area contributed by atoms with E-state index in [2.05, 4.69) is 4.98 Å². The predicted octanol–water partition coefficient (Wildman–Crippen LogP) is 2.99. The molecule has 0 fully saturated rings. The van der Waals surface area contributed by atoms with Gasteiger partial charge in [0.2, 0.25) is 0 Å². The minimum absolute atomic E-state index is 0.504.